The minimum atomic E-state index is -1.17. The van der Waals surface area contributed by atoms with Gasteiger partial charge < -0.3 is 9.84 Å². The SMILES string of the molecule is [2H]CN(C(=O)OCC1c2ccccc2-c2ccccc21)[C@@H](C)C(=O)O. The monoisotopic (exact) mass is 326 g/mol. The highest BCUT2D eigenvalue weighted by molar-refractivity contribution is 5.80. The summed E-state index contributed by atoms with van der Waals surface area (Å²) in [5.41, 5.74) is 4.41. The second kappa shape index (κ2) is 6.35. The van der Waals surface area contributed by atoms with Crippen molar-refractivity contribution in [1.29, 1.82) is 0 Å². The number of benzene rings is 2. The van der Waals surface area contributed by atoms with Gasteiger partial charge in [0, 0.05) is 14.3 Å². The molecule has 5 heteroatoms. The van der Waals surface area contributed by atoms with E-state index >= 15 is 0 Å². The van der Waals surface area contributed by atoms with E-state index in [-0.39, 0.29) is 12.5 Å². The maximum Gasteiger partial charge on any atom is 0.410 e. The fourth-order valence-corrected chi connectivity index (χ4v) is 2.97. The molecule has 0 aromatic heterocycles. The third-order valence-electron chi connectivity index (χ3n) is 4.40. The van der Waals surface area contributed by atoms with E-state index in [1.54, 1.807) is 0 Å². The van der Waals surface area contributed by atoms with Gasteiger partial charge in [-0.2, -0.15) is 0 Å². The normalized spacial score (nSPS) is 14.3. The molecule has 1 amide bonds. The first kappa shape index (κ1) is 14.8. The summed E-state index contributed by atoms with van der Waals surface area (Å²) in [6, 6.07) is 14.8. The van der Waals surface area contributed by atoms with E-state index in [4.69, 9.17) is 11.2 Å². The van der Waals surface area contributed by atoms with Crippen molar-refractivity contribution in [2.24, 2.45) is 0 Å². The van der Waals surface area contributed by atoms with Crippen LogP contribution in [0.4, 0.5) is 4.79 Å². The average molecular weight is 326 g/mol. The fourth-order valence-electron chi connectivity index (χ4n) is 2.97. The molecule has 0 fully saturated rings. The number of likely N-dealkylation sites (N-methyl/N-ethyl adjacent to an activating group) is 1. The summed E-state index contributed by atoms with van der Waals surface area (Å²) >= 11 is 0. The summed E-state index contributed by atoms with van der Waals surface area (Å²) in [6.07, 6.45) is -0.785. The van der Waals surface area contributed by atoms with Crippen molar-refractivity contribution < 1.29 is 20.8 Å². The first-order valence-corrected chi connectivity index (χ1v) is 7.68. The summed E-state index contributed by atoms with van der Waals surface area (Å²) in [6.45, 7) is 1.47. The molecule has 0 spiro atoms. The van der Waals surface area contributed by atoms with E-state index in [0.29, 0.717) is 0 Å². The molecule has 24 heavy (non-hydrogen) atoms. The molecule has 0 unspecified atom stereocenters. The van der Waals surface area contributed by atoms with E-state index < -0.39 is 25.1 Å². The van der Waals surface area contributed by atoms with Crippen LogP contribution in [0.15, 0.2) is 48.5 Å². The largest absolute Gasteiger partial charge is 0.480 e. The van der Waals surface area contributed by atoms with Gasteiger partial charge in [0.1, 0.15) is 12.6 Å². The van der Waals surface area contributed by atoms with E-state index in [0.717, 1.165) is 27.2 Å². The predicted molar refractivity (Wildman–Crippen MR) is 89.9 cm³/mol. The number of ether oxygens (including phenoxy) is 1. The Bertz CT molecular complexity index is 762. The van der Waals surface area contributed by atoms with Gasteiger partial charge in [-0.3, -0.25) is 4.90 Å². The van der Waals surface area contributed by atoms with E-state index in [1.165, 1.54) is 6.92 Å². The van der Waals surface area contributed by atoms with Crippen molar-refractivity contribution >= 4 is 12.1 Å². The molecule has 1 aliphatic rings. The van der Waals surface area contributed by atoms with Crippen LogP contribution in [0, 0.1) is 0 Å². The maximum absolute atomic E-state index is 12.2. The Kier molecular flexibility index (Phi) is 3.91. The number of nitrogens with zero attached hydrogens (tertiary/aromatic N) is 1. The quantitative estimate of drug-likeness (QED) is 0.936. The molecule has 1 N–H and O–H groups in total. The molecule has 124 valence electrons. The number of hydrogen-bond donors (Lipinski definition) is 1. The summed E-state index contributed by atoms with van der Waals surface area (Å²) in [5, 5.41) is 9.04. The Morgan fingerprint density at radius 3 is 2.21 bits per heavy atom. The van der Waals surface area contributed by atoms with Crippen molar-refractivity contribution in [3.63, 3.8) is 0 Å². The minimum Gasteiger partial charge on any atom is -0.480 e. The van der Waals surface area contributed by atoms with Crippen LogP contribution in [0.2, 0.25) is 0 Å². The lowest BCUT2D eigenvalue weighted by molar-refractivity contribution is -0.141. The lowest BCUT2D eigenvalue weighted by Crippen LogP contribution is -2.40. The smallest absolute Gasteiger partial charge is 0.410 e. The summed E-state index contributed by atoms with van der Waals surface area (Å²) in [7, 11) is -0.468. The van der Waals surface area contributed by atoms with Crippen molar-refractivity contribution in [2.75, 3.05) is 13.6 Å². The fraction of sp³-hybridized carbons (Fsp3) is 0.263. The highest BCUT2D eigenvalue weighted by Crippen LogP contribution is 2.44. The number of carboxylic acid groups (broad SMARTS) is 1. The molecule has 0 bridgehead atoms. The van der Waals surface area contributed by atoms with Gasteiger partial charge in [-0.15, -0.1) is 0 Å². The zero-order valence-electron chi connectivity index (χ0n) is 14.3. The first-order valence-electron chi connectivity index (χ1n) is 8.39. The molecule has 0 heterocycles. The number of carbonyl (C=O) groups is 2. The van der Waals surface area contributed by atoms with E-state index in [1.807, 2.05) is 48.5 Å². The van der Waals surface area contributed by atoms with Crippen LogP contribution in [0.25, 0.3) is 11.1 Å². The molecule has 2 aromatic rings. The topological polar surface area (TPSA) is 66.8 Å². The molecule has 0 saturated carbocycles. The highest BCUT2D eigenvalue weighted by atomic mass is 16.6. The second-order valence-electron chi connectivity index (χ2n) is 5.79. The standard InChI is InChI=1S/C19H19NO4/c1-12(18(21)22)20(2)19(23)24-11-17-15-9-5-3-7-13(15)14-8-4-6-10-16(14)17/h3-10,12,17H,11H2,1-2H3,(H,21,22)/t12-/m0/s1/i2D. The van der Waals surface area contributed by atoms with Gasteiger partial charge in [-0.25, -0.2) is 9.59 Å². The molecule has 3 rings (SSSR count). The highest BCUT2D eigenvalue weighted by Gasteiger charge is 2.30. The average Bonchev–Trinajstić information content (AvgIpc) is 2.94. The number of amides is 1. The van der Waals surface area contributed by atoms with Crippen molar-refractivity contribution in [3.05, 3.63) is 59.7 Å². The number of fused-ring (bicyclic) bond motifs is 3. The number of carbonyl (C=O) groups excluding carboxylic acids is 1. The van der Waals surface area contributed by atoms with Crippen LogP contribution in [-0.2, 0) is 9.53 Å². The molecule has 5 nitrogen and oxygen atoms in total. The molecule has 1 aliphatic carbocycles. The zero-order valence-corrected chi connectivity index (χ0v) is 13.3. The Balaban J connectivity index is 1.79. The summed E-state index contributed by atoms with van der Waals surface area (Å²) in [5.74, 6) is -1.26. The molecule has 2 aromatic carbocycles. The van der Waals surface area contributed by atoms with Gasteiger partial charge in [0.05, 0.1) is 0 Å². The van der Waals surface area contributed by atoms with Crippen LogP contribution < -0.4 is 0 Å². The Hall–Kier alpha value is -2.82. The first-order chi connectivity index (χ1) is 12.0. The lowest BCUT2D eigenvalue weighted by Gasteiger charge is -2.22. The Morgan fingerprint density at radius 1 is 1.17 bits per heavy atom. The lowest BCUT2D eigenvalue weighted by atomic mass is 9.98. The second-order valence-corrected chi connectivity index (χ2v) is 5.79. The molecular formula is C19H19NO4. The predicted octanol–water partition coefficient (Wildman–Crippen LogP) is 3.34. The van der Waals surface area contributed by atoms with E-state index in [9.17, 15) is 9.59 Å². The van der Waals surface area contributed by atoms with Crippen LogP contribution in [0.5, 0.6) is 0 Å². The van der Waals surface area contributed by atoms with Gasteiger partial charge in [0.25, 0.3) is 0 Å². The summed E-state index contributed by atoms with van der Waals surface area (Å²) in [4.78, 5) is 24.2. The van der Waals surface area contributed by atoms with Crippen LogP contribution in [0.1, 0.15) is 25.3 Å². The zero-order chi connectivity index (χ0) is 18.0. The van der Waals surface area contributed by atoms with Gasteiger partial charge in [-0.05, 0) is 29.2 Å². The van der Waals surface area contributed by atoms with Gasteiger partial charge >= 0.3 is 12.1 Å². The van der Waals surface area contributed by atoms with Crippen molar-refractivity contribution in [2.45, 2.75) is 18.9 Å². The minimum absolute atomic E-state index is 0.0935. The number of aliphatic carboxylic acids is 1. The number of rotatable bonds is 4. The van der Waals surface area contributed by atoms with Gasteiger partial charge in [-0.1, -0.05) is 48.5 Å². The number of hydrogen-bond acceptors (Lipinski definition) is 3. The van der Waals surface area contributed by atoms with Crippen LogP contribution in [-0.4, -0.2) is 41.7 Å². The molecular weight excluding hydrogens is 306 g/mol. The van der Waals surface area contributed by atoms with Crippen LogP contribution >= 0.6 is 0 Å². The van der Waals surface area contributed by atoms with Gasteiger partial charge in [0.15, 0.2) is 0 Å². The van der Waals surface area contributed by atoms with Crippen molar-refractivity contribution in [1.82, 2.24) is 4.90 Å². The van der Waals surface area contributed by atoms with E-state index in [2.05, 4.69) is 0 Å². The Morgan fingerprint density at radius 2 is 1.71 bits per heavy atom. The Labute approximate surface area is 141 Å². The molecule has 1 atom stereocenters. The number of carboxylic acids is 1. The molecule has 0 saturated heterocycles. The maximum atomic E-state index is 12.2. The molecule has 0 radical (unpaired) electrons. The van der Waals surface area contributed by atoms with Crippen LogP contribution in [0.3, 0.4) is 0 Å². The third kappa shape index (κ3) is 2.73. The van der Waals surface area contributed by atoms with Crippen molar-refractivity contribution in [3.8, 4) is 11.1 Å². The third-order valence-corrected chi connectivity index (χ3v) is 4.40. The molecule has 0 aliphatic heterocycles. The summed E-state index contributed by atoms with van der Waals surface area (Å²) < 4.78 is 12.8. The van der Waals surface area contributed by atoms with Gasteiger partial charge in [0.2, 0.25) is 0 Å².